The zero-order chi connectivity index (χ0) is 14.7. The van der Waals surface area contributed by atoms with Crippen LogP contribution >= 0.6 is 0 Å². The van der Waals surface area contributed by atoms with Gasteiger partial charge in [0.1, 0.15) is 6.04 Å². The van der Waals surface area contributed by atoms with Crippen molar-refractivity contribution >= 4 is 11.6 Å². The lowest BCUT2D eigenvalue weighted by molar-refractivity contribution is -0.118. The smallest absolute Gasteiger partial charge is 0.246 e. The Balaban J connectivity index is 2.17. The van der Waals surface area contributed by atoms with Gasteiger partial charge in [0.15, 0.2) is 0 Å². The maximum Gasteiger partial charge on any atom is 0.246 e. The lowest BCUT2D eigenvalue weighted by Gasteiger charge is -2.16. The van der Waals surface area contributed by atoms with Gasteiger partial charge in [0.25, 0.3) is 0 Å². The molecule has 1 aromatic carbocycles. The molecule has 0 aliphatic heterocycles. The molecule has 2 rings (SSSR count). The summed E-state index contributed by atoms with van der Waals surface area (Å²) in [5, 5.41) is 10.1. The van der Waals surface area contributed by atoms with Crippen LogP contribution in [0, 0.1) is 13.8 Å². The molecular formula is C15H20N4O. The minimum atomic E-state index is -0.413. The van der Waals surface area contributed by atoms with Gasteiger partial charge in [-0.05, 0) is 32.5 Å². The van der Waals surface area contributed by atoms with E-state index < -0.39 is 6.04 Å². The van der Waals surface area contributed by atoms with E-state index in [4.69, 9.17) is 0 Å². The zero-order valence-corrected chi connectivity index (χ0v) is 12.3. The lowest BCUT2D eigenvalue weighted by Crippen LogP contribution is -2.30. The van der Waals surface area contributed by atoms with Crippen LogP contribution in [0.15, 0.2) is 30.6 Å². The van der Waals surface area contributed by atoms with Gasteiger partial charge in [-0.1, -0.05) is 17.7 Å². The molecule has 5 heteroatoms. The Morgan fingerprint density at radius 2 is 2.10 bits per heavy atom. The molecule has 0 radical (unpaired) electrons. The zero-order valence-electron chi connectivity index (χ0n) is 12.3. The summed E-state index contributed by atoms with van der Waals surface area (Å²) in [6.07, 6.45) is 3.53. The number of carbonyl (C=O) groups excluding carboxylic acids is 1. The highest BCUT2D eigenvalue weighted by molar-refractivity contribution is 5.96. The van der Waals surface area contributed by atoms with Crippen LogP contribution in [0.2, 0.25) is 0 Å². The average Bonchev–Trinajstić information content (AvgIpc) is 2.80. The number of rotatable bonds is 4. The van der Waals surface area contributed by atoms with Crippen LogP contribution < -0.4 is 10.6 Å². The molecule has 0 aliphatic rings. The molecule has 0 saturated heterocycles. The van der Waals surface area contributed by atoms with Crippen molar-refractivity contribution in [3.8, 4) is 0 Å². The monoisotopic (exact) mass is 272 g/mol. The molecule has 20 heavy (non-hydrogen) atoms. The van der Waals surface area contributed by atoms with Crippen molar-refractivity contribution < 1.29 is 4.79 Å². The predicted octanol–water partition coefficient (Wildman–Crippen LogP) is 1.94. The largest absolute Gasteiger partial charge is 0.324 e. The Morgan fingerprint density at radius 3 is 2.65 bits per heavy atom. The van der Waals surface area contributed by atoms with Crippen molar-refractivity contribution in [2.75, 3.05) is 12.4 Å². The molecule has 0 bridgehead atoms. The number of amides is 1. The number of nitrogens with zero attached hydrogens (tertiary/aromatic N) is 2. The number of hydrogen-bond acceptors (Lipinski definition) is 3. The van der Waals surface area contributed by atoms with Gasteiger partial charge < -0.3 is 10.6 Å². The van der Waals surface area contributed by atoms with Crippen LogP contribution in [0.5, 0.6) is 0 Å². The first-order chi connectivity index (χ1) is 9.51. The standard InChI is InChI=1S/C15H20N4O/c1-10-5-6-13(11(2)7-10)18-15(20)14(16-3)12-8-17-19(4)9-12/h5-9,14,16H,1-4H3,(H,18,20). The second kappa shape index (κ2) is 5.88. The molecule has 0 spiro atoms. The fourth-order valence-corrected chi connectivity index (χ4v) is 2.20. The summed E-state index contributed by atoms with van der Waals surface area (Å²) in [5.74, 6) is -0.0903. The van der Waals surface area contributed by atoms with Crippen LogP contribution in [-0.4, -0.2) is 22.7 Å². The predicted molar refractivity (Wildman–Crippen MR) is 79.6 cm³/mol. The number of carbonyl (C=O) groups is 1. The molecular weight excluding hydrogens is 252 g/mol. The van der Waals surface area contributed by atoms with E-state index in [9.17, 15) is 4.79 Å². The molecule has 1 atom stereocenters. The second-order valence-electron chi connectivity index (χ2n) is 4.98. The number of hydrogen-bond donors (Lipinski definition) is 2. The van der Waals surface area contributed by atoms with Gasteiger partial charge in [0, 0.05) is 24.5 Å². The van der Waals surface area contributed by atoms with Crippen molar-refractivity contribution in [1.29, 1.82) is 0 Å². The van der Waals surface area contributed by atoms with Crippen LogP contribution in [0.1, 0.15) is 22.7 Å². The maximum atomic E-state index is 12.4. The van der Waals surface area contributed by atoms with Crippen LogP contribution in [0.25, 0.3) is 0 Å². The van der Waals surface area contributed by atoms with E-state index in [1.165, 1.54) is 5.56 Å². The highest BCUT2D eigenvalue weighted by Gasteiger charge is 2.20. The van der Waals surface area contributed by atoms with Gasteiger partial charge >= 0.3 is 0 Å². The summed E-state index contributed by atoms with van der Waals surface area (Å²) in [6.45, 7) is 4.02. The molecule has 106 valence electrons. The Labute approximate surface area is 119 Å². The molecule has 1 heterocycles. The van der Waals surface area contributed by atoms with E-state index in [0.717, 1.165) is 16.8 Å². The van der Waals surface area contributed by atoms with Gasteiger partial charge in [0.05, 0.1) is 6.20 Å². The first kappa shape index (κ1) is 14.3. The Hall–Kier alpha value is -2.14. The summed E-state index contributed by atoms with van der Waals surface area (Å²) < 4.78 is 1.68. The minimum absolute atomic E-state index is 0.0903. The molecule has 0 aliphatic carbocycles. The summed E-state index contributed by atoms with van der Waals surface area (Å²) in [6, 6.07) is 5.55. The van der Waals surface area contributed by atoms with Crippen molar-refractivity contribution in [2.45, 2.75) is 19.9 Å². The first-order valence-electron chi connectivity index (χ1n) is 6.55. The van der Waals surface area contributed by atoms with Crippen LogP contribution in [-0.2, 0) is 11.8 Å². The molecule has 0 saturated carbocycles. The van der Waals surface area contributed by atoms with Crippen molar-refractivity contribution in [2.24, 2.45) is 7.05 Å². The number of benzene rings is 1. The van der Waals surface area contributed by atoms with Gasteiger partial charge in [-0.15, -0.1) is 0 Å². The molecule has 0 fully saturated rings. The third kappa shape index (κ3) is 3.05. The quantitative estimate of drug-likeness (QED) is 0.894. The van der Waals surface area contributed by atoms with Crippen LogP contribution in [0.4, 0.5) is 5.69 Å². The fraction of sp³-hybridized carbons (Fsp3) is 0.333. The van der Waals surface area contributed by atoms with Gasteiger partial charge in [-0.3, -0.25) is 9.48 Å². The Kier molecular flexibility index (Phi) is 4.20. The topological polar surface area (TPSA) is 59.0 Å². The highest BCUT2D eigenvalue weighted by Crippen LogP contribution is 2.19. The third-order valence-electron chi connectivity index (χ3n) is 3.25. The first-order valence-corrected chi connectivity index (χ1v) is 6.55. The van der Waals surface area contributed by atoms with E-state index in [0.29, 0.717) is 0 Å². The summed E-state index contributed by atoms with van der Waals surface area (Å²) in [7, 11) is 3.59. The average molecular weight is 272 g/mol. The summed E-state index contributed by atoms with van der Waals surface area (Å²) >= 11 is 0. The second-order valence-corrected chi connectivity index (χ2v) is 4.98. The Bertz CT molecular complexity index is 618. The highest BCUT2D eigenvalue weighted by atomic mass is 16.2. The van der Waals surface area contributed by atoms with E-state index in [2.05, 4.69) is 15.7 Å². The normalized spacial score (nSPS) is 12.2. The van der Waals surface area contributed by atoms with Crippen LogP contribution in [0.3, 0.4) is 0 Å². The molecule has 1 aromatic heterocycles. The van der Waals surface area contributed by atoms with Crippen molar-refractivity contribution in [1.82, 2.24) is 15.1 Å². The van der Waals surface area contributed by atoms with E-state index in [1.807, 2.05) is 45.3 Å². The lowest BCUT2D eigenvalue weighted by atomic mass is 10.1. The fourth-order valence-electron chi connectivity index (χ4n) is 2.20. The van der Waals surface area contributed by atoms with E-state index in [1.54, 1.807) is 17.9 Å². The van der Waals surface area contributed by atoms with Gasteiger partial charge in [-0.25, -0.2) is 0 Å². The molecule has 1 amide bonds. The number of aryl methyl sites for hydroxylation is 3. The van der Waals surface area contributed by atoms with Crippen molar-refractivity contribution in [3.63, 3.8) is 0 Å². The number of nitrogens with one attached hydrogen (secondary N) is 2. The summed E-state index contributed by atoms with van der Waals surface area (Å²) in [5.41, 5.74) is 3.92. The Morgan fingerprint density at radius 1 is 1.35 bits per heavy atom. The SMILES string of the molecule is CNC(C(=O)Nc1ccc(C)cc1C)c1cnn(C)c1. The third-order valence-corrected chi connectivity index (χ3v) is 3.25. The van der Waals surface area contributed by atoms with E-state index >= 15 is 0 Å². The number of anilines is 1. The molecule has 2 N–H and O–H groups in total. The molecule has 5 nitrogen and oxygen atoms in total. The van der Waals surface area contributed by atoms with Gasteiger partial charge in [0.2, 0.25) is 5.91 Å². The molecule has 2 aromatic rings. The van der Waals surface area contributed by atoms with E-state index in [-0.39, 0.29) is 5.91 Å². The number of likely N-dealkylation sites (N-methyl/N-ethyl adjacent to an activating group) is 1. The minimum Gasteiger partial charge on any atom is -0.324 e. The summed E-state index contributed by atoms with van der Waals surface area (Å²) in [4.78, 5) is 12.4. The molecule has 1 unspecified atom stereocenters. The number of aromatic nitrogens is 2. The maximum absolute atomic E-state index is 12.4. The van der Waals surface area contributed by atoms with Crippen molar-refractivity contribution in [3.05, 3.63) is 47.3 Å². The van der Waals surface area contributed by atoms with Gasteiger partial charge in [-0.2, -0.15) is 5.10 Å².